The number of aromatic nitrogens is 3. The summed E-state index contributed by atoms with van der Waals surface area (Å²) in [5.74, 6) is -0.152. The number of rotatable bonds is 6. The number of nitrogens with one attached hydrogen (secondary N) is 2. The fraction of sp³-hybridized carbons (Fsp3) is 0.526. The lowest BCUT2D eigenvalue weighted by atomic mass is 9.87. The van der Waals surface area contributed by atoms with Crippen LogP contribution in [0.15, 0.2) is 36.5 Å². The lowest BCUT2D eigenvalue weighted by Crippen LogP contribution is -2.42. The van der Waals surface area contributed by atoms with Gasteiger partial charge in [-0.3, -0.25) is 20.5 Å². The topological polar surface area (TPSA) is 95.3 Å². The van der Waals surface area contributed by atoms with Gasteiger partial charge in [0, 0.05) is 18.6 Å². The number of piperidine rings is 1. The summed E-state index contributed by atoms with van der Waals surface area (Å²) in [6, 6.07) is 10.4. The average molecular weight is 370 g/mol. The third-order valence-electron chi connectivity index (χ3n) is 5.58. The maximum absolute atomic E-state index is 10.9. The second-order valence-electron chi connectivity index (χ2n) is 7.53. The Bertz CT molecular complexity index is 757. The number of hydrazine groups is 1. The van der Waals surface area contributed by atoms with Crippen molar-refractivity contribution in [1.82, 2.24) is 30.7 Å². The summed E-state index contributed by atoms with van der Waals surface area (Å²) in [6.07, 6.45) is 5.31. The molecule has 0 radical (unpaired) electrons. The second kappa shape index (κ2) is 8.16. The van der Waals surface area contributed by atoms with Crippen LogP contribution in [-0.4, -0.2) is 56.1 Å². The standard InChI is InChI=1S/C19H26N6O2/c26-19(27)11-15-10-18(22-20-15)14-6-8-24(9-7-14)12-16-13-25(23-21-16)17-4-2-1-3-5-17/h1-5,13-15,18,20,22H,6-12H2,(H,26,27). The van der Waals surface area contributed by atoms with Gasteiger partial charge in [-0.25, -0.2) is 4.68 Å². The van der Waals surface area contributed by atoms with Gasteiger partial charge in [-0.15, -0.1) is 5.10 Å². The summed E-state index contributed by atoms with van der Waals surface area (Å²) in [5, 5.41) is 17.5. The Hall–Kier alpha value is -2.29. The fourth-order valence-electron chi connectivity index (χ4n) is 4.13. The second-order valence-corrected chi connectivity index (χ2v) is 7.53. The molecule has 2 unspecified atom stereocenters. The Morgan fingerprint density at radius 2 is 1.96 bits per heavy atom. The van der Waals surface area contributed by atoms with Crippen LogP contribution in [0.5, 0.6) is 0 Å². The van der Waals surface area contributed by atoms with E-state index in [9.17, 15) is 4.79 Å². The molecule has 0 amide bonds. The lowest BCUT2D eigenvalue weighted by Gasteiger charge is -2.34. The van der Waals surface area contributed by atoms with Crippen LogP contribution in [0.2, 0.25) is 0 Å². The minimum absolute atomic E-state index is 0.0403. The van der Waals surface area contributed by atoms with Gasteiger partial charge in [-0.1, -0.05) is 23.4 Å². The zero-order valence-corrected chi connectivity index (χ0v) is 15.3. The number of carboxylic acid groups (broad SMARTS) is 1. The summed E-state index contributed by atoms with van der Waals surface area (Å²) in [7, 11) is 0. The molecule has 144 valence electrons. The van der Waals surface area contributed by atoms with Crippen molar-refractivity contribution in [3.8, 4) is 5.69 Å². The number of carboxylic acids is 1. The maximum atomic E-state index is 10.9. The van der Waals surface area contributed by atoms with Gasteiger partial charge in [0.25, 0.3) is 0 Å². The number of likely N-dealkylation sites (tertiary alicyclic amines) is 1. The summed E-state index contributed by atoms with van der Waals surface area (Å²) < 4.78 is 1.82. The van der Waals surface area contributed by atoms with Crippen LogP contribution in [0, 0.1) is 5.92 Å². The van der Waals surface area contributed by atoms with Crippen LogP contribution in [-0.2, 0) is 11.3 Å². The zero-order valence-electron chi connectivity index (χ0n) is 15.3. The first-order valence-electron chi connectivity index (χ1n) is 9.59. The highest BCUT2D eigenvalue weighted by Gasteiger charge is 2.33. The number of nitrogens with zero attached hydrogens (tertiary/aromatic N) is 4. The zero-order chi connectivity index (χ0) is 18.6. The molecule has 2 saturated heterocycles. The van der Waals surface area contributed by atoms with Gasteiger partial charge in [0.05, 0.1) is 24.0 Å². The van der Waals surface area contributed by atoms with Crippen LogP contribution >= 0.6 is 0 Å². The van der Waals surface area contributed by atoms with Crippen molar-refractivity contribution < 1.29 is 9.90 Å². The Morgan fingerprint density at radius 3 is 2.70 bits per heavy atom. The number of hydrogen-bond acceptors (Lipinski definition) is 6. The van der Waals surface area contributed by atoms with Crippen LogP contribution in [0.1, 0.15) is 31.4 Å². The van der Waals surface area contributed by atoms with Crippen LogP contribution in [0.3, 0.4) is 0 Å². The third kappa shape index (κ3) is 4.52. The molecule has 2 aliphatic heterocycles. The molecule has 3 heterocycles. The first-order valence-corrected chi connectivity index (χ1v) is 9.59. The Balaban J connectivity index is 1.26. The first kappa shape index (κ1) is 18.1. The van der Waals surface area contributed by atoms with E-state index in [4.69, 9.17) is 5.11 Å². The van der Waals surface area contributed by atoms with Crippen molar-refractivity contribution in [1.29, 1.82) is 0 Å². The van der Waals surface area contributed by atoms with Crippen LogP contribution in [0.4, 0.5) is 0 Å². The van der Waals surface area contributed by atoms with Crippen molar-refractivity contribution >= 4 is 5.97 Å². The number of hydrogen-bond donors (Lipinski definition) is 3. The van der Waals surface area contributed by atoms with E-state index in [1.54, 1.807) is 0 Å². The Morgan fingerprint density at radius 1 is 1.19 bits per heavy atom. The molecule has 2 aromatic rings. The quantitative estimate of drug-likeness (QED) is 0.703. The monoisotopic (exact) mass is 370 g/mol. The van der Waals surface area contributed by atoms with Crippen molar-refractivity contribution in [2.24, 2.45) is 5.92 Å². The van der Waals surface area contributed by atoms with E-state index in [1.165, 1.54) is 0 Å². The van der Waals surface area contributed by atoms with E-state index in [0.29, 0.717) is 12.0 Å². The highest BCUT2D eigenvalue weighted by atomic mass is 16.4. The van der Waals surface area contributed by atoms with Crippen molar-refractivity contribution in [3.05, 3.63) is 42.2 Å². The molecule has 0 saturated carbocycles. The largest absolute Gasteiger partial charge is 0.481 e. The van der Waals surface area contributed by atoms with Crippen LogP contribution < -0.4 is 10.9 Å². The van der Waals surface area contributed by atoms with Gasteiger partial charge in [-0.05, 0) is 50.4 Å². The fourth-order valence-corrected chi connectivity index (χ4v) is 4.13. The molecule has 1 aromatic carbocycles. The molecule has 2 aliphatic rings. The minimum atomic E-state index is -0.742. The molecule has 2 fully saturated rings. The Labute approximate surface area is 158 Å². The molecule has 0 bridgehead atoms. The maximum Gasteiger partial charge on any atom is 0.304 e. The minimum Gasteiger partial charge on any atom is -0.481 e. The highest BCUT2D eigenvalue weighted by Crippen LogP contribution is 2.26. The smallest absolute Gasteiger partial charge is 0.304 e. The highest BCUT2D eigenvalue weighted by molar-refractivity contribution is 5.67. The molecule has 27 heavy (non-hydrogen) atoms. The van der Waals surface area contributed by atoms with Gasteiger partial charge < -0.3 is 5.11 Å². The van der Waals surface area contributed by atoms with E-state index < -0.39 is 5.97 Å². The number of para-hydroxylation sites is 1. The number of benzene rings is 1. The molecule has 4 rings (SSSR count). The van der Waals surface area contributed by atoms with Crippen molar-refractivity contribution in [3.63, 3.8) is 0 Å². The van der Waals surface area contributed by atoms with E-state index in [-0.39, 0.29) is 12.5 Å². The molecular weight excluding hydrogens is 344 g/mol. The molecule has 8 heteroatoms. The number of carbonyl (C=O) groups is 1. The summed E-state index contributed by atoms with van der Waals surface area (Å²) in [5.41, 5.74) is 8.45. The predicted molar refractivity (Wildman–Crippen MR) is 100 cm³/mol. The van der Waals surface area contributed by atoms with Crippen molar-refractivity contribution in [2.45, 2.75) is 44.3 Å². The van der Waals surface area contributed by atoms with Gasteiger partial charge >= 0.3 is 5.97 Å². The van der Waals surface area contributed by atoms with Crippen LogP contribution in [0.25, 0.3) is 5.69 Å². The van der Waals surface area contributed by atoms with Gasteiger partial charge in [-0.2, -0.15) is 0 Å². The summed E-state index contributed by atoms with van der Waals surface area (Å²) in [6.45, 7) is 2.88. The van der Waals surface area contributed by atoms with Gasteiger partial charge in [0.2, 0.25) is 0 Å². The lowest BCUT2D eigenvalue weighted by molar-refractivity contribution is -0.137. The molecule has 1 aromatic heterocycles. The van der Waals surface area contributed by atoms with Crippen molar-refractivity contribution in [2.75, 3.05) is 13.1 Å². The Kier molecular flexibility index (Phi) is 5.47. The van der Waals surface area contributed by atoms with Gasteiger partial charge in [0.15, 0.2) is 0 Å². The molecule has 3 N–H and O–H groups in total. The summed E-state index contributed by atoms with van der Waals surface area (Å²) >= 11 is 0. The van der Waals surface area contributed by atoms with E-state index >= 15 is 0 Å². The van der Waals surface area contributed by atoms with E-state index in [2.05, 4.69) is 26.1 Å². The predicted octanol–water partition coefficient (Wildman–Crippen LogP) is 1.19. The number of aliphatic carboxylic acids is 1. The third-order valence-corrected chi connectivity index (χ3v) is 5.58. The molecule has 0 spiro atoms. The molecule has 2 atom stereocenters. The van der Waals surface area contributed by atoms with Gasteiger partial charge in [0.1, 0.15) is 0 Å². The summed E-state index contributed by atoms with van der Waals surface area (Å²) in [4.78, 5) is 13.3. The molecular formula is C19H26N6O2. The van der Waals surface area contributed by atoms with E-state index in [1.807, 2.05) is 41.2 Å². The normalized spacial score (nSPS) is 24.3. The van der Waals surface area contributed by atoms with E-state index in [0.717, 1.165) is 50.3 Å². The molecule has 8 nitrogen and oxygen atoms in total. The first-order chi connectivity index (χ1) is 13.2. The SMILES string of the molecule is O=C(O)CC1CC(C2CCN(Cc3cn(-c4ccccc4)nn3)CC2)NN1. The average Bonchev–Trinajstić information content (AvgIpc) is 3.32. The molecule has 0 aliphatic carbocycles.